The number of rotatable bonds is 1. The molecular weight excluding hydrogens is 206 g/mol. The summed E-state index contributed by atoms with van der Waals surface area (Å²) in [6.45, 7) is 0. The lowest BCUT2D eigenvalue weighted by Gasteiger charge is -2.00. The molecule has 0 fully saturated rings. The van der Waals surface area contributed by atoms with E-state index in [9.17, 15) is 4.79 Å². The van der Waals surface area contributed by atoms with Crippen LogP contribution in [0.5, 0.6) is 0 Å². The van der Waals surface area contributed by atoms with Gasteiger partial charge in [-0.15, -0.1) is 0 Å². The van der Waals surface area contributed by atoms with Gasteiger partial charge >= 0.3 is 5.97 Å². The number of carbonyl (C=O) groups is 1. The molecule has 5 nitrogen and oxygen atoms in total. The predicted molar refractivity (Wildman–Crippen MR) is 49.3 cm³/mol. The molecule has 2 heterocycles. The summed E-state index contributed by atoms with van der Waals surface area (Å²) < 4.78 is 0. The van der Waals surface area contributed by atoms with E-state index in [1.54, 1.807) is 6.07 Å². The Kier molecular flexibility index (Phi) is 2.01. The molecule has 0 aliphatic carbocycles. The Balaban J connectivity index is 2.91. The zero-order valence-corrected chi connectivity index (χ0v) is 7.56. The van der Waals surface area contributed by atoms with Crippen LogP contribution in [0, 0.1) is 0 Å². The van der Waals surface area contributed by atoms with E-state index in [4.69, 9.17) is 16.7 Å². The topological polar surface area (TPSA) is 76.0 Å². The minimum atomic E-state index is -1.10. The van der Waals surface area contributed by atoms with E-state index in [0.717, 1.165) is 6.20 Å². The summed E-state index contributed by atoms with van der Waals surface area (Å²) in [5, 5.41) is 16.6. The van der Waals surface area contributed by atoms with Gasteiger partial charge in [-0.3, -0.25) is 0 Å². The quantitative estimate of drug-likeness (QED) is 0.718. The average molecular weight is 210 g/mol. The maximum atomic E-state index is 10.8. The largest absolute Gasteiger partial charge is 0.478 e. The molecule has 0 bridgehead atoms. The lowest BCUT2D eigenvalue weighted by Crippen LogP contribution is -2.01. The number of fused-ring (bicyclic) bond motifs is 1. The van der Waals surface area contributed by atoms with Crippen LogP contribution in [0.4, 0.5) is 0 Å². The standard InChI is InChI=1S/C8H4ClN3O2/c9-7-6-4(8(13)14)3-11-12-5(6)1-2-10-7/h1-3H,(H,13,14). The maximum Gasteiger partial charge on any atom is 0.338 e. The van der Waals surface area contributed by atoms with Crippen LogP contribution in [-0.2, 0) is 0 Å². The molecule has 0 unspecified atom stereocenters. The van der Waals surface area contributed by atoms with Crippen LogP contribution >= 0.6 is 11.6 Å². The van der Waals surface area contributed by atoms with Gasteiger partial charge in [-0.2, -0.15) is 10.2 Å². The second-order valence-electron chi connectivity index (χ2n) is 2.56. The zero-order chi connectivity index (χ0) is 10.1. The number of aromatic carboxylic acids is 1. The van der Waals surface area contributed by atoms with Gasteiger partial charge in [0.1, 0.15) is 5.15 Å². The van der Waals surface area contributed by atoms with E-state index < -0.39 is 5.97 Å². The van der Waals surface area contributed by atoms with E-state index in [-0.39, 0.29) is 10.7 Å². The lowest BCUT2D eigenvalue weighted by molar-refractivity contribution is 0.0698. The van der Waals surface area contributed by atoms with Crippen molar-refractivity contribution in [2.75, 3.05) is 0 Å². The fourth-order valence-electron chi connectivity index (χ4n) is 1.13. The van der Waals surface area contributed by atoms with Gasteiger partial charge in [0.15, 0.2) is 0 Å². The number of hydrogen-bond donors (Lipinski definition) is 1. The summed E-state index contributed by atoms with van der Waals surface area (Å²) in [4.78, 5) is 14.6. The Bertz CT molecular complexity index is 510. The molecule has 6 heteroatoms. The molecule has 0 spiro atoms. The molecule has 70 valence electrons. The molecule has 0 radical (unpaired) electrons. The summed E-state index contributed by atoms with van der Waals surface area (Å²) in [6.07, 6.45) is 2.60. The Morgan fingerprint density at radius 2 is 2.29 bits per heavy atom. The Hall–Kier alpha value is -1.75. The number of carboxylic acid groups (broad SMARTS) is 1. The summed E-state index contributed by atoms with van der Waals surface area (Å²) in [7, 11) is 0. The molecule has 0 saturated carbocycles. The first-order valence-corrected chi connectivity index (χ1v) is 4.07. The van der Waals surface area contributed by atoms with Crippen molar-refractivity contribution in [3.05, 3.63) is 29.2 Å². The Morgan fingerprint density at radius 3 is 3.00 bits per heavy atom. The van der Waals surface area contributed by atoms with Crippen LogP contribution in [0.3, 0.4) is 0 Å². The van der Waals surface area contributed by atoms with Gasteiger partial charge in [0.05, 0.1) is 22.7 Å². The van der Waals surface area contributed by atoms with Crippen molar-refractivity contribution in [1.82, 2.24) is 15.2 Å². The molecule has 0 aliphatic heterocycles. The van der Waals surface area contributed by atoms with Crippen molar-refractivity contribution < 1.29 is 9.90 Å². The number of hydrogen-bond acceptors (Lipinski definition) is 4. The van der Waals surface area contributed by atoms with Crippen molar-refractivity contribution >= 4 is 28.5 Å². The van der Waals surface area contributed by atoms with Gasteiger partial charge in [-0.25, -0.2) is 9.78 Å². The van der Waals surface area contributed by atoms with Gasteiger partial charge in [-0.05, 0) is 6.07 Å². The lowest BCUT2D eigenvalue weighted by atomic mass is 10.2. The van der Waals surface area contributed by atoms with Gasteiger partial charge in [-0.1, -0.05) is 11.6 Å². The van der Waals surface area contributed by atoms with Crippen molar-refractivity contribution in [3.8, 4) is 0 Å². The highest BCUT2D eigenvalue weighted by atomic mass is 35.5. The summed E-state index contributed by atoms with van der Waals surface area (Å²) in [5.41, 5.74) is 0.429. The second kappa shape index (κ2) is 3.19. The summed E-state index contributed by atoms with van der Waals surface area (Å²) >= 11 is 5.76. The van der Waals surface area contributed by atoms with Crippen molar-refractivity contribution in [2.45, 2.75) is 0 Å². The van der Waals surface area contributed by atoms with E-state index in [1.807, 2.05) is 0 Å². The van der Waals surface area contributed by atoms with Crippen LogP contribution in [-0.4, -0.2) is 26.3 Å². The number of carboxylic acids is 1. The minimum absolute atomic E-state index is 0.00750. The SMILES string of the molecule is O=C(O)c1cnnc2ccnc(Cl)c12. The Labute approximate surface area is 83.4 Å². The second-order valence-corrected chi connectivity index (χ2v) is 2.92. The fraction of sp³-hybridized carbons (Fsp3) is 0. The molecular formula is C8H4ClN3O2. The monoisotopic (exact) mass is 209 g/mol. The van der Waals surface area contributed by atoms with Gasteiger partial charge in [0.25, 0.3) is 0 Å². The third-order valence-corrected chi connectivity index (χ3v) is 2.02. The highest BCUT2D eigenvalue weighted by molar-refractivity contribution is 6.35. The average Bonchev–Trinajstić information content (AvgIpc) is 2.17. The smallest absolute Gasteiger partial charge is 0.338 e. The number of aromatic nitrogens is 3. The molecule has 0 amide bonds. The molecule has 14 heavy (non-hydrogen) atoms. The summed E-state index contributed by atoms with van der Waals surface area (Å²) in [5.74, 6) is -1.10. The molecule has 2 aromatic rings. The van der Waals surface area contributed by atoms with Crippen LogP contribution < -0.4 is 0 Å². The Morgan fingerprint density at radius 1 is 1.50 bits per heavy atom. The fourth-order valence-corrected chi connectivity index (χ4v) is 1.39. The first kappa shape index (κ1) is 8.83. The third kappa shape index (κ3) is 1.27. The van der Waals surface area contributed by atoms with Crippen LogP contribution in [0.2, 0.25) is 5.15 Å². The van der Waals surface area contributed by atoms with Crippen LogP contribution in [0.15, 0.2) is 18.5 Å². The first-order chi connectivity index (χ1) is 6.70. The molecule has 0 saturated heterocycles. The number of halogens is 1. The number of nitrogens with zero attached hydrogens (tertiary/aromatic N) is 3. The molecule has 2 aromatic heterocycles. The van der Waals surface area contributed by atoms with E-state index in [2.05, 4.69) is 15.2 Å². The van der Waals surface area contributed by atoms with Crippen molar-refractivity contribution in [2.24, 2.45) is 0 Å². The maximum absolute atomic E-state index is 10.8. The van der Waals surface area contributed by atoms with E-state index in [0.29, 0.717) is 10.9 Å². The zero-order valence-electron chi connectivity index (χ0n) is 6.81. The van der Waals surface area contributed by atoms with E-state index >= 15 is 0 Å². The van der Waals surface area contributed by atoms with Crippen LogP contribution in [0.1, 0.15) is 10.4 Å². The third-order valence-electron chi connectivity index (χ3n) is 1.73. The predicted octanol–water partition coefficient (Wildman–Crippen LogP) is 1.38. The first-order valence-electron chi connectivity index (χ1n) is 3.69. The summed E-state index contributed by atoms with van der Waals surface area (Å²) in [6, 6.07) is 1.56. The van der Waals surface area contributed by atoms with Crippen molar-refractivity contribution in [3.63, 3.8) is 0 Å². The molecule has 0 aromatic carbocycles. The molecule has 0 aliphatic rings. The highest BCUT2D eigenvalue weighted by Gasteiger charge is 2.12. The van der Waals surface area contributed by atoms with Gasteiger partial charge in [0, 0.05) is 6.20 Å². The van der Waals surface area contributed by atoms with Crippen molar-refractivity contribution in [1.29, 1.82) is 0 Å². The minimum Gasteiger partial charge on any atom is -0.478 e. The van der Waals surface area contributed by atoms with Crippen LogP contribution in [0.25, 0.3) is 10.9 Å². The van der Waals surface area contributed by atoms with Gasteiger partial charge in [0.2, 0.25) is 0 Å². The highest BCUT2D eigenvalue weighted by Crippen LogP contribution is 2.22. The molecule has 0 atom stereocenters. The van der Waals surface area contributed by atoms with Gasteiger partial charge < -0.3 is 5.11 Å². The molecule has 2 rings (SSSR count). The van der Waals surface area contributed by atoms with E-state index in [1.165, 1.54) is 6.20 Å². The number of pyridine rings is 1. The normalized spacial score (nSPS) is 10.4. The molecule has 1 N–H and O–H groups in total.